The van der Waals surface area contributed by atoms with E-state index >= 15 is 0 Å². The maximum Gasteiger partial charge on any atom is 0.573 e. The number of rotatable bonds is 2. The summed E-state index contributed by atoms with van der Waals surface area (Å²) in [4.78, 5) is 0. The van der Waals surface area contributed by atoms with Crippen molar-refractivity contribution >= 4 is 34.8 Å². The summed E-state index contributed by atoms with van der Waals surface area (Å²) in [6.45, 7) is 0. The molecule has 1 nitrogen and oxygen atoms in total. The third-order valence-corrected chi connectivity index (χ3v) is 2.41. The van der Waals surface area contributed by atoms with Crippen LogP contribution in [0.4, 0.5) is 13.2 Å². The lowest BCUT2D eigenvalue weighted by atomic mass is 10.2. The van der Waals surface area contributed by atoms with Gasteiger partial charge in [0, 0.05) is 17.0 Å². The first-order valence-electron chi connectivity index (χ1n) is 3.63. The number of alkyl halides is 4. The van der Waals surface area contributed by atoms with Crippen LogP contribution in [0.2, 0.25) is 10.0 Å². The Morgan fingerprint density at radius 3 is 2.20 bits per heavy atom. The van der Waals surface area contributed by atoms with Gasteiger partial charge in [-0.15, -0.1) is 24.8 Å². The van der Waals surface area contributed by atoms with Gasteiger partial charge in [-0.05, 0) is 11.6 Å². The standard InChI is InChI=1S/C8H4Cl3F3O/c9-3-4-1-6(11)7(2-5(4)10)15-8(12,13)14/h1-2H,3H2. The normalized spacial score (nSPS) is 11.6. The maximum atomic E-state index is 11.9. The second kappa shape index (κ2) is 4.68. The Hall–Kier alpha value is -0.320. The van der Waals surface area contributed by atoms with Crippen LogP contribution in [-0.4, -0.2) is 6.36 Å². The first-order chi connectivity index (χ1) is 6.83. The van der Waals surface area contributed by atoms with Crippen molar-refractivity contribution in [2.75, 3.05) is 0 Å². The van der Waals surface area contributed by atoms with Crippen molar-refractivity contribution in [1.29, 1.82) is 0 Å². The van der Waals surface area contributed by atoms with Crippen LogP contribution in [0, 0.1) is 0 Å². The van der Waals surface area contributed by atoms with E-state index in [2.05, 4.69) is 4.74 Å². The zero-order chi connectivity index (χ0) is 11.6. The number of hydrogen-bond donors (Lipinski definition) is 0. The van der Waals surface area contributed by atoms with Gasteiger partial charge in [0.1, 0.15) is 5.75 Å². The summed E-state index contributed by atoms with van der Waals surface area (Å²) in [7, 11) is 0. The molecule has 0 saturated carbocycles. The van der Waals surface area contributed by atoms with Crippen molar-refractivity contribution in [3.63, 3.8) is 0 Å². The molecule has 0 aliphatic heterocycles. The van der Waals surface area contributed by atoms with Gasteiger partial charge in [0.25, 0.3) is 0 Å². The Balaban J connectivity index is 3.05. The minimum atomic E-state index is -4.80. The summed E-state index contributed by atoms with van der Waals surface area (Å²) < 4.78 is 39.3. The molecule has 0 N–H and O–H groups in total. The van der Waals surface area contributed by atoms with E-state index in [0.717, 1.165) is 6.07 Å². The molecule has 0 aliphatic rings. The SMILES string of the molecule is FC(F)(F)Oc1cc(Cl)c(CCl)cc1Cl. The largest absolute Gasteiger partial charge is 0.573 e. The molecule has 84 valence electrons. The van der Waals surface area contributed by atoms with Crippen LogP contribution in [0.15, 0.2) is 12.1 Å². The summed E-state index contributed by atoms with van der Waals surface area (Å²) in [5.41, 5.74) is 0.442. The molecule has 0 fully saturated rings. The molecule has 0 aromatic heterocycles. The van der Waals surface area contributed by atoms with Crippen molar-refractivity contribution in [3.8, 4) is 5.75 Å². The minimum absolute atomic E-state index is 0.0604. The predicted octanol–water partition coefficient (Wildman–Crippen LogP) is 4.63. The highest BCUT2D eigenvalue weighted by molar-refractivity contribution is 6.35. The fourth-order valence-electron chi connectivity index (χ4n) is 0.875. The lowest BCUT2D eigenvalue weighted by molar-refractivity contribution is -0.274. The highest BCUT2D eigenvalue weighted by Gasteiger charge is 2.32. The molecule has 0 amide bonds. The van der Waals surface area contributed by atoms with Crippen molar-refractivity contribution in [2.45, 2.75) is 12.2 Å². The molecule has 1 rings (SSSR count). The van der Waals surface area contributed by atoms with E-state index in [1.807, 2.05) is 0 Å². The number of hydrogen-bond acceptors (Lipinski definition) is 1. The Morgan fingerprint density at radius 1 is 1.13 bits per heavy atom. The monoisotopic (exact) mass is 278 g/mol. The summed E-state index contributed by atoms with van der Waals surface area (Å²) >= 11 is 16.7. The zero-order valence-corrected chi connectivity index (χ0v) is 9.31. The van der Waals surface area contributed by atoms with Gasteiger partial charge < -0.3 is 4.74 Å². The summed E-state index contributed by atoms with van der Waals surface area (Å²) in [6.07, 6.45) is -4.80. The third-order valence-electron chi connectivity index (χ3n) is 1.47. The van der Waals surface area contributed by atoms with E-state index in [1.165, 1.54) is 6.07 Å². The molecule has 1 aromatic rings. The highest BCUT2D eigenvalue weighted by atomic mass is 35.5. The van der Waals surface area contributed by atoms with Crippen LogP contribution < -0.4 is 4.74 Å². The minimum Gasteiger partial charge on any atom is -0.404 e. The predicted molar refractivity (Wildman–Crippen MR) is 52.7 cm³/mol. The van der Waals surface area contributed by atoms with E-state index in [0.29, 0.717) is 5.56 Å². The van der Waals surface area contributed by atoms with Gasteiger partial charge >= 0.3 is 6.36 Å². The van der Waals surface area contributed by atoms with Crippen LogP contribution >= 0.6 is 34.8 Å². The first-order valence-corrected chi connectivity index (χ1v) is 4.92. The Kier molecular flexibility index (Phi) is 3.98. The first kappa shape index (κ1) is 12.7. The molecule has 15 heavy (non-hydrogen) atoms. The van der Waals surface area contributed by atoms with Crippen LogP contribution in [-0.2, 0) is 5.88 Å². The van der Waals surface area contributed by atoms with Crippen LogP contribution in [0.1, 0.15) is 5.56 Å². The Bertz CT molecular complexity index is 365. The molecular formula is C8H4Cl3F3O. The van der Waals surface area contributed by atoms with E-state index in [-0.39, 0.29) is 15.9 Å². The molecule has 0 heterocycles. The molecule has 1 aromatic carbocycles. The number of benzene rings is 1. The van der Waals surface area contributed by atoms with Gasteiger partial charge in [-0.1, -0.05) is 23.2 Å². The molecule has 0 spiro atoms. The van der Waals surface area contributed by atoms with Gasteiger partial charge in [-0.3, -0.25) is 0 Å². The van der Waals surface area contributed by atoms with Crippen LogP contribution in [0.3, 0.4) is 0 Å². The fraction of sp³-hybridized carbons (Fsp3) is 0.250. The number of ether oxygens (including phenoxy) is 1. The lowest BCUT2D eigenvalue weighted by Gasteiger charge is -2.11. The van der Waals surface area contributed by atoms with E-state index in [9.17, 15) is 13.2 Å². The van der Waals surface area contributed by atoms with Gasteiger partial charge in [-0.2, -0.15) is 0 Å². The molecule has 0 unspecified atom stereocenters. The quantitative estimate of drug-likeness (QED) is 0.717. The summed E-state index contributed by atoms with van der Waals surface area (Å²) in [6, 6.07) is 2.22. The van der Waals surface area contributed by atoms with Crippen LogP contribution in [0.25, 0.3) is 0 Å². The molecular weight excluding hydrogens is 275 g/mol. The third kappa shape index (κ3) is 3.63. The summed E-state index contributed by atoms with van der Waals surface area (Å²) in [5, 5.41) is -0.110. The summed E-state index contributed by atoms with van der Waals surface area (Å²) in [5.74, 6) is -0.478. The maximum absolute atomic E-state index is 11.9. The van der Waals surface area contributed by atoms with Gasteiger partial charge in [-0.25, -0.2) is 0 Å². The van der Waals surface area contributed by atoms with Crippen molar-refractivity contribution in [3.05, 3.63) is 27.7 Å². The molecule has 0 radical (unpaired) electrons. The van der Waals surface area contributed by atoms with Crippen LogP contribution in [0.5, 0.6) is 5.75 Å². The second-order valence-electron chi connectivity index (χ2n) is 2.56. The van der Waals surface area contributed by atoms with E-state index in [4.69, 9.17) is 34.8 Å². The fourth-order valence-corrected chi connectivity index (χ4v) is 1.61. The van der Waals surface area contributed by atoms with Crippen molar-refractivity contribution in [2.24, 2.45) is 0 Å². The van der Waals surface area contributed by atoms with Gasteiger partial charge in [0.05, 0.1) is 5.02 Å². The van der Waals surface area contributed by atoms with Gasteiger partial charge in [0.2, 0.25) is 0 Å². The molecule has 0 bridgehead atoms. The number of halogens is 6. The second-order valence-corrected chi connectivity index (χ2v) is 3.64. The smallest absolute Gasteiger partial charge is 0.404 e. The Labute approximate surface area is 98.7 Å². The molecule has 0 atom stereocenters. The zero-order valence-electron chi connectivity index (χ0n) is 7.04. The van der Waals surface area contributed by atoms with Crippen molar-refractivity contribution in [1.82, 2.24) is 0 Å². The van der Waals surface area contributed by atoms with E-state index in [1.54, 1.807) is 0 Å². The lowest BCUT2D eigenvalue weighted by Crippen LogP contribution is -2.17. The molecule has 0 saturated heterocycles. The molecule has 7 heteroatoms. The average Bonchev–Trinajstić information content (AvgIpc) is 2.08. The van der Waals surface area contributed by atoms with E-state index < -0.39 is 12.1 Å². The van der Waals surface area contributed by atoms with Gasteiger partial charge in [0.15, 0.2) is 0 Å². The average molecular weight is 279 g/mol. The Morgan fingerprint density at radius 2 is 1.73 bits per heavy atom. The topological polar surface area (TPSA) is 9.23 Å². The highest BCUT2D eigenvalue weighted by Crippen LogP contribution is 2.35. The van der Waals surface area contributed by atoms with Crippen molar-refractivity contribution < 1.29 is 17.9 Å². The molecule has 0 aliphatic carbocycles.